The maximum atomic E-state index is 13.2. The fourth-order valence-electron chi connectivity index (χ4n) is 4.86. The Balaban J connectivity index is 1.77. The van der Waals surface area contributed by atoms with E-state index in [0.717, 1.165) is 19.3 Å². The minimum Gasteiger partial charge on any atom is -0.507 e. The second kappa shape index (κ2) is 11.5. The number of ether oxygens (including phenoxy) is 3. The first-order valence-electron chi connectivity index (χ1n) is 12.3. The largest absolute Gasteiger partial charge is 0.507 e. The van der Waals surface area contributed by atoms with E-state index in [0.29, 0.717) is 30.2 Å². The number of carbonyl (C=O) groups is 2. The van der Waals surface area contributed by atoms with Crippen LogP contribution in [-0.2, 0) is 24.3 Å². The lowest BCUT2D eigenvalue weighted by atomic mass is 9.95. The average Bonchev–Trinajstić information content (AvgIpc) is 3.20. The van der Waals surface area contributed by atoms with Crippen molar-refractivity contribution in [3.05, 3.63) is 59.2 Å². The second-order valence-electron chi connectivity index (χ2n) is 9.09. The predicted octanol–water partition coefficient (Wildman–Crippen LogP) is 2.95. The molecule has 0 aromatic heterocycles. The third kappa shape index (κ3) is 5.13. The van der Waals surface area contributed by atoms with Gasteiger partial charge in [-0.3, -0.25) is 9.59 Å². The Bertz CT molecular complexity index is 1330. The highest BCUT2D eigenvalue weighted by Crippen LogP contribution is 2.42. The molecule has 0 saturated carbocycles. The van der Waals surface area contributed by atoms with Crippen molar-refractivity contribution in [1.29, 1.82) is 0 Å². The van der Waals surface area contributed by atoms with Crippen LogP contribution in [-0.4, -0.2) is 82.0 Å². The van der Waals surface area contributed by atoms with Gasteiger partial charge in [-0.15, -0.1) is 0 Å². The molecule has 1 amide bonds. The van der Waals surface area contributed by atoms with Crippen LogP contribution < -0.4 is 9.47 Å². The fraction of sp³-hybridized carbons (Fsp3) is 0.407. The average molecular weight is 545 g/mol. The number of benzene rings is 2. The van der Waals surface area contributed by atoms with Gasteiger partial charge in [0.1, 0.15) is 5.76 Å². The van der Waals surface area contributed by atoms with Crippen LogP contribution in [0.25, 0.3) is 5.76 Å². The second-order valence-corrected chi connectivity index (χ2v) is 11.0. The van der Waals surface area contributed by atoms with Gasteiger partial charge in [0, 0.05) is 32.3 Å². The van der Waals surface area contributed by atoms with E-state index in [4.69, 9.17) is 14.2 Å². The molecule has 11 heteroatoms. The number of Topliss-reactive ketones (excluding diaryl/α,β-unsaturated/α-hetero) is 1. The number of likely N-dealkylation sites (tertiary alicyclic amines) is 1. The number of piperidine rings is 1. The van der Waals surface area contributed by atoms with Gasteiger partial charge in [0.2, 0.25) is 10.0 Å². The van der Waals surface area contributed by atoms with E-state index < -0.39 is 33.5 Å². The van der Waals surface area contributed by atoms with Gasteiger partial charge < -0.3 is 24.2 Å². The van der Waals surface area contributed by atoms with Crippen LogP contribution in [0.1, 0.15) is 36.4 Å². The van der Waals surface area contributed by atoms with Crippen LogP contribution in [0.2, 0.25) is 0 Å². The number of amides is 1. The first kappa shape index (κ1) is 27.6. The molecule has 0 unspecified atom stereocenters. The molecule has 10 nitrogen and oxygen atoms in total. The Morgan fingerprint density at radius 2 is 1.61 bits per heavy atom. The predicted molar refractivity (Wildman–Crippen MR) is 139 cm³/mol. The van der Waals surface area contributed by atoms with Crippen molar-refractivity contribution in [3.63, 3.8) is 0 Å². The van der Waals surface area contributed by atoms with Crippen molar-refractivity contribution in [2.75, 3.05) is 47.6 Å². The maximum absolute atomic E-state index is 13.2. The molecule has 0 radical (unpaired) electrons. The summed E-state index contributed by atoms with van der Waals surface area (Å²) < 4.78 is 43.4. The van der Waals surface area contributed by atoms with E-state index in [1.165, 1.54) is 54.8 Å². The minimum absolute atomic E-state index is 0.105. The number of aliphatic hydroxyl groups excluding tert-OH is 1. The summed E-state index contributed by atoms with van der Waals surface area (Å²) in [6, 6.07) is 9.79. The van der Waals surface area contributed by atoms with Crippen LogP contribution in [0.4, 0.5) is 0 Å². The molecule has 0 aliphatic carbocycles. The zero-order valence-corrected chi connectivity index (χ0v) is 22.5. The van der Waals surface area contributed by atoms with Crippen molar-refractivity contribution in [3.8, 4) is 11.5 Å². The lowest BCUT2D eigenvalue weighted by Crippen LogP contribution is -2.35. The SMILES string of the molecule is COCCN1C(=O)C(=O)C(=C(O)c2ccc(S(=O)(=O)N3CCCCC3)cc2)[C@@H]1c1ccc(OC)c(OC)c1. The lowest BCUT2D eigenvalue weighted by molar-refractivity contribution is -0.140. The summed E-state index contributed by atoms with van der Waals surface area (Å²) in [6.45, 7) is 1.24. The van der Waals surface area contributed by atoms with E-state index in [1.807, 2.05) is 0 Å². The normalized spacial score (nSPS) is 20.1. The lowest BCUT2D eigenvalue weighted by Gasteiger charge is -2.26. The number of ketones is 1. The Morgan fingerprint density at radius 1 is 0.947 bits per heavy atom. The summed E-state index contributed by atoms with van der Waals surface area (Å²) in [5.41, 5.74) is 0.645. The molecule has 0 bridgehead atoms. The van der Waals surface area contributed by atoms with Gasteiger partial charge in [-0.25, -0.2) is 8.42 Å². The molecule has 0 spiro atoms. The molecule has 2 saturated heterocycles. The van der Waals surface area contributed by atoms with Gasteiger partial charge >= 0.3 is 0 Å². The molecule has 2 fully saturated rings. The topological polar surface area (TPSA) is 123 Å². The van der Waals surface area contributed by atoms with Crippen LogP contribution in [0, 0.1) is 0 Å². The number of rotatable bonds is 9. The summed E-state index contributed by atoms with van der Waals surface area (Å²) >= 11 is 0. The first-order chi connectivity index (χ1) is 18.2. The fourth-order valence-corrected chi connectivity index (χ4v) is 6.38. The molecular weight excluding hydrogens is 512 g/mol. The van der Waals surface area contributed by atoms with Gasteiger partial charge in [0.15, 0.2) is 11.5 Å². The van der Waals surface area contributed by atoms with Crippen LogP contribution in [0.5, 0.6) is 11.5 Å². The smallest absolute Gasteiger partial charge is 0.295 e. The molecule has 38 heavy (non-hydrogen) atoms. The molecule has 2 aromatic rings. The molecule has 4 rings (SSSR count). The van der Waals surface area contributed by atoms with Gasteiger partial charge in [-0.1, -0.05) is 12.5 Å². The highest BCUT2D eigenvalue weighted by Gasteiger charge is 2.46. The molecule has 2 heterocycles. The van der Waals surface area contributed by atoms with E-state index in [9.17, 15) is 23.1 Å². The molecule has 1 atom stereocenters. The number of methoxy groups -OCH3 is 3. The van der Waals surface area contributed by atoms with Gasteiger partial charge in [-0.05, 0) is 54.8 Å². The summed E-state index contributed by atoms with van der Waals surface area (Å²) in [5, 5.41) is 11.3. The quantitative estimate of drug-likeness (QED) is 0.291. The number of hydrogen-bond acceptors (Lipinski definition) is 8. The monoisotopic (exact) mass is 544 g/mol. The Hall–Kier alpha value is -3.41. The van der Waals surface area contributed by atoms with Crippen molar-refractivity contribution >= 4 is 27.5 Å². The van der Waals surface area contributed by atoms with Gasteiger partial charge in [0.05, 0.1) is 37.3 Å². The Labute approximate surface area is 222 Å². The van der Waals surface area contributed by atoms with Crippen molar-refractivity contribution in [2.24, 2.45) is 0 Å². The first-order valence-corrected chi connectivity index (χ1v) is 13.8. The highest BCUT2D eigenvalue weighted by atomic mass is 32.2. The van der Waals surface area contributed by atoms with E-state index >= 15 is 0 Å². The number of nitrogens with zero attached hydrogens (tertiary/aromatic N) is 2. The third-order valence-electron chi connectivity index (χ3n) is 6.88. The summed E-state index contributed by atoms with van der Waals surface area (Å²) in [7, 11) is 0.797. The standard InChI is InChI=1S/C27H32N2O8S/c1-35-16-15-29-24(19-9-12-21(36-2)22(17-19)37-3)23(26(31)27(29)32)25(30)18-7-10-20(11-8-18)38(33,34)28-13-5-4-6-14-28/h7-12,17,24,30H,4-6,13-16H2,1-3H3/t24-/m0/s1. The summed E-state index contributed by atoms with van der Waals surface area (Å²) in [4.78, 5) is 27.6. The highest BCUT2D eigenvalue weighted by molar-refractivity contribution is 7.89. The van der Waals surface area contributed by atoms with Crippen molar-refractivity contribution in [2.45, 2.75) is 30.2 Å². The summed E-state index contributed by atoms with van der Waals surface area (Å²) in [5.74, 6) is -1.15. The zero-order chi connectivity index (χ0) is 27.4. The van der Waals surface area contributed by atoms with E-state index in [2.05, 4.69) is 0 Å². The van der Waals surface area contributed by atoms with Crippen molar-refractivity contribution in [1.82, 2.24) is 9.21 Å². The van der Waals surface area contributed by atoms with E-state index in [1.54, 1.807) is 18.2 Å². The number of aliphatic hydroxyl groups is 1. The Kier molecular flexibility index (Phi) is 8.39. The zero-order valence-electron chi connectivity index (χ0n) is 21.7. The molecule has 2 aliphatic heterocycles. The Morgan fingerprint density at radius 3 is 2.21 bits per heavy atom. The number of carbonyl (C=O) groups excluding carboxylic acids is 2. The third-order valence-corrected chi connectivity index (χ3v) is 8.79. The summed E-state index contributed by atoms with van der Waals surface area (Å²) in [6.07, 6.45) is 2.64. The molecule has 2 aromatic carbocycles. The van der Waals surface area contributed by atoms with E-state index in [-0.39, 0.29) is 29.2 Å². The maximum Gasteiger partial charge on any atom is 0.295 e. The number of sulfonamides is 1. The number of hydrogen-bond donors (Lipinski definition) is 1. The van der Waals surface area contributed by atoms with Crippen LogP contribution in [0.3, 0.4) is 0 Å². The van der Waals surface area contributed by atoms with Gasteiger partial charge in [0.25, 0.3) is 11.7 Å². The molecule has 204 valence electrons. The minimum atomic E-state index is -3.66. The van der Waals surface area contributed by atoms with Gasteiger partial charge in [-0.2, -0.15) is 4.31 Å². The molecule has 2 aliphatic rings. The molecular formula is C27H32N2O8S. The van der Waals surface area contributed by atoms with Crippen LogP contribution in [0.15, 0.2) is 52.9 Å². The van der Waals surface area contributed by atoms with Crippen LogP contribution >= 0.6 is 0 Å². The van der Waals surface area contributed by atoms with Crippen molar-refractivity contribution < 1.29 is 37.3 Å². The molecule has 1 N–H and O–H groups in total.